The number of fused-ring (bicyclic) bond motifs is 1. The first-order valence-corrected chi connectivity index (χ1v) is 9.65. The van der Waals surface area contributed by atoms with Gasteiger partial charge in [-0.3, -0.25) is 0 Å². The Morgan fingerprint density at radius 1 is 1.23 bits per heavy atom. The van der Waals surface area contributed by atoms with Crippen LogP contribution in [-0.4, -0.2) is 25.5 Å². The lowest BCUT2D eigenvalue weighted by atomic mass is 9.67. The summed E-state index contributed by atoms with van der Waals surface area (Å²) >= 11 is 0. The SMILES string of the molecule is C#CC1(c2nnc(CO)o2)CCC(C(C)C)c2cc(-c3c(F)cccc3F)nnc21. The molecular weight excluding hydrogens is 390 g/mol. The van der Waals surface area contributed by atoms with E-state index in [1.807, 2.05) is 0 Å². The van der Waals surface area contributed by atoms with E-state index in [4.69, 9.17) is 10.8 Å². The summed E-state index contributed by atoms with van der Waals surface area (Å²) in [6.07, 6.45) is 7.11. The standard InChI is InChI=1S/C22H20F2N4O2/c1-4-22(21-28-26-18(11-29)30-21)9-8-13(12(2)3)14-10-17(25-27-20(14)22)19-15(23)6-5-7-16(19)24/h1,5-7,10,12-13,29H,8-9,11H2,2-3H3. The summed E-state index contributed by atoms with van der Waals surface area (Å²) in [6, 6.07) is 5.32. The predicted octanol–water partition coefficient (Wildman–Crippen LogP) is 3.75. The van der Waals surface area contributed by atoms with Crippen LogP contribution in [0.2, 0.25) is 0 Å². The maximum Gasteiger partial charge on any atom is 0.241 e. The number of hydrogen-bond donors (Lipinski definition) is 1. The molecule has 2 heterocycles. The zero-order valence-corrected chi connectivity index (χ0v) is 16.6. The van der Waals surface area contributed by atoms with Crippen LogP contribution in [-0.2, 0) is 12.0 Å². The minimum Gasteiger partial charge on any atom is -0.421 e. The van der Waals surface area contributed by atoms with Crippen LogP contribution in [0.3, 0.4) is 0 Å². The molecule has 0 aliphatic heterocycles. The highest BCUT2D eigenvalue weighted by Gasteiger charge is 2.47. The lowest BCUT2D eigenvalue weighted by molar-refractivity contribution is 0.230. The number of aromatic nitrogens is 4. The van der Waals surface area contributed by atoms with Gasteiger partial charge in [0.1, 0.15) is 18.2 Å². The van der Waals surface area contributed by atoms with Crippen LogP contribution in [0.5, 0.6) is 0 Å². The molecule has 2 unspecified atom stereocenters. The van der Waals surface area contributed by atoms with Gasteiger partial charge in [-0.25, -0.2) is 8.78 Å². The van der Waals surface area contributed by atoms with Crippen LogP contribution in [0, 0.1) is 29.9 Å². The smallest absolute Gasteiger partial charge is 0.241 e. The quantitative estimate of drug-likeness (QED) is 0.660. The van der Waals surface area contributed by atoms with Gasteiger partial charge < -0.3 is 9.52 Å². The minimum absolute atomic E-state index is 0.0464. The van der Waals surface area contributed by atoms with Gasteiger partial charge in [-0.05, 0) is 48.4 Å². The van der Waals surface area contributed by atoms with Crippen LogP contribution in [0.25, 0.3) is 11.3 Å². The van der Waals surface area contributed by atoms with Crippen molar-refractivity contribution in [2.75, 3.05) is 0 Å². The van der Waals surface area contributed by atoms with Crippen molar-refractivity contribution in [1.82, 2.24) is 20.4 Å². The molecule has 0 saturated carbocycles. The Hall–Kier alpha value is -3.18. The molecule has 2 atom stereocenters. The summed E-state index contributed by atoms with van der Waals surface area (Å²) in [5, 5.41) is 25.6. The van der Waals surface area contributed by atoms with Crippen molar-refractivity contribution < 1.29 is 18.3 Å². The Morgan fingerprint density at radius 2 is 1.97 bits per heavy atom. The van der Waals surface area contributed by atoms with Gasteiger partial charge in [0.2, 0.25) is 11.8 Å². The average Bonchev–Trinajstić information content (AvgIpc) is 3.22. The number of terminal acetylenes is 1. The molecule has 154 valence electrons. The molecule has 0 bridgehead atoms. The van der Waals surface area contributed by atoms with Gasteiger partial charge in [0.15, 0.2) is 5.41 Å². The van der Waals surface area contributed by atoms with Crippen molar-refractivity contribution in [3.8, 4) is 23.6 Å². The van der Waals surface area contributed by atoms with Gasteiger partial charge in [-0.2, -0.15) is 5.10 Å². The second-order valence-corrected chi connectivity index (χ2v) is 7.73. The third kappa shape index (κ3) is 3.06. The fraction of sp³-hybridized carbons (Fsp3) is 0.364. The van der Waals surface area contributed by atoms with Crippen molar-refractivity contribution in [3.05, 3.63) is 58.9 Å². The summed E-state index contributed by atoms with van der Waals surface area (Å²) in [7, 11) is 0. The molecule has 1 N–H and O–H groups in total. The number of halogens is 2. The summed E-state index contributed by atoms with van der Waals surface area (Å²) < 4.78 is 34.3. The molecular formula is C22H20F2N4O2. The van der Waals surface area contributed by atoms with Crippen molar-refractivity contribution in [2.45, 2.75) is 44.6 Å². The molecule has 1 aliphatic rings. The first-order valence-electron chi connectivity index (χ1n) is 9.65. The predicted molar refractivity (Wildman–Crippen MR) is 104 cm³/mol. The van der Waals surface area contributed by atoms with E-state index in [2.05, 4.69) is 40.2 Å². The topological polar surface area (TPSA) is 84.9 Å². The Bertz CT molecular complexity index is 1120. The largest absolute Gasteiger partial charge is 0.421 e. The Kier molecular flexibility index (Phi) is 5.08. The van der Waals surface area contributed by atoms with E-state index in [0.29, 0.717) is 18.5 Å². The van der Waals surface area contributed by atoms with Gasteiger partial charge in [0.25, 0.3) is 0 Å². The molecule has 2 aromatic heterocycles. The van der Waals surface area contributed by atoms with Crippen LogP contribution >= 0.6 is 0 Å². The lowest BCUT2D eigenvalue weighted by Gasteiger charge is -2.36. The van der Waals surface area contributed by atoms with Gasteiger partial charge in [-0.15, -0.1) is 21.7 Å². The molecule has 0 spiro atoms. The second kappa shape index (κ2) is 7.58. The Balaban J connectivity index is 1.94. The van der Waals surface area contributed by atoms with Crippen LogP contribution < -0.4 is 0 Å². The number of aliphatic hydroxyl groups is 1. The molecule has 4 rings (SSSR count). The molecule has 8 heteroatoms. The van der Waals surface area contributed by atoms with E-state index in [-0.39, 0.29) is 34.9 Å². The van der Waals surface area contributed by atoms with Gasteiger partial charge in [-0.1, -0.05) is 25.8 Å². The van der Waals surface area contributed by atoms with Gasteiger partial charge >= 0.3 is 0 Å². The van der Waals surface area contributed by atoms with E-state index in [1.54, 1.807) is 6.07 Å². The van der Waals surface area contributed by atoms with Crippen molar-refractivity contribution in [2.24, 2.45) is 5.92 Å². The van der Waals surface area contributed by atoms with E-state index in [9.17, 15) is 13.9 Å². The van der Waals surface area contributed by atoms with E-state index < -0.39 is 23.7 Å². The molecule has 0 saturated heterocycles. The van der Waals surface area contributed by atoms with Crippen LogP contribution in [0.15, 0.2) is 28.7 Å². The molecule has 0 fully saturated rings. The van der Waals surface area contributed by atoms with Crippen LogP contribution in [0.4, 0.5) is 8.78 Å². The molecule has 0 amide bonds. The minimum atomic E-state index is -1.12. The maximum absolute atomic E-state index is 14.4. The molecule has 1 aliphatic carbocycles. The number of benzene rings is 1. The first kappa shape index (κ1) is 20.1. The first-order chi connectivity index (χ1) is 14.4. The zero-order chi connectivity index (χ0) is 21.5. The molecule has 0 radical (unpaired) electrons. The summed E-state index contributed by atoms with van der Waals surface area (Å²) in [6.45, 7) is 3.72. The number of hydrogen-bond acceptors (Lipinski definition) is 6. The van der Waals surface area contributed by atoms with Crippen molar-refractivity contribution in [3.63, 3.8) is 0 Å². The maximum atomic E-state index is 14.4. The normalized spacial score (nSPS) is 20.8. The number of rotatable bonds is 4. The van der Waals surface area contributed by atoms with Gasteiger partial charge in [0.05, 0.1) is 17.0 Å². The highest BCUT2D eigenvalue weighted by atomic mass is 19.1. The molecule has 6 nitrogen and oxygen atoms in total. The fourth-order valence-corrected chi connectivity index (χ4v) is 4.12. The van der Waals surface area contributed by atoms with Crippen molar-refractivity contribution in [1.29, 1.82) is 0 Å². The Labute approximate surface area is 172 Å². The van der Waals surface area contributed by atoms with Crippen molar-refractivity contribution >= 4 is 0 Å². The summed E-state index contributed by atoms with van der Waals surface area (Å²) in [5.74, 6) is 1.80. The fourth-order valence-electron chi connectivity index (χ4n) is 4.12. The number of aliphatic hydroxyl groups excluding tert-OH is 1. The van der Waals surface area contributed by atoms with E-state index >= 15 is 0 Å². The molecule has 3 aromatic rings. The summed E-state index contributed by atoms with van der Waals surface area (Å²) in [5.41, 5.74) is -0.0355. The Morgan fingerprint density at radius 3 is 2.57 bits per heavy atom. The third-order valence-electron chi connectivity index (χ3n) is 5.69. The lowest BCUT2D eigenvalue weighted by Crippen LogP contribution is -2.35. The van der Waals surface area contributed by atoms with Gasteiger partial charge in [0, 0.05) is 0 Å². The highest BCUT2D eigenvalue weighted by molar-refractivity contribution is 5.62. The third-order valence-corrected chi connectivity index (χ3v) is 5.69. The van der Waals surface area contributed by atoms with E-state index in [0.717, 1.165) is 5.56 Å². The monoisotopic (exact) mass is 410 g/mol. The number of nitrogens with zero attached hydrogens (tertiary/aromatic N) is 4. The average molecular weight is 410 g/mol. The molecule has 1 aromatic carbocycles. The highest BCUT2D eigenvalue weighted by Crippen LogP contribution is 2.48. The van der Waals surface area contributed by atoms with Crippen LogP contribution in [0.1, 0.15) is 55.6 Å². The summed E-state index contributed by atoms with van der Waals surface area (Å²) in [4.78, 5) is 0. The second-order valence-electron chi connectivity index (χ2n) is 7.73. The zero-order valence-electron chi connectivity index (χ0n) is 16.6. The van der Waals surface area contributed by atoms with E-state index in [1.165, 1.54) is 18.2 Å². The molecule has 30 heavy (non-hydrogen) atoms.